The molecule has 1 N–H and O–H groups in total. The molecular formula is C26H26ClN3O7. The molecule has 37 heavy (non-hydrogen) atoms. The number of nitrogens with one attached hydrogen (secondary N) is 1. The second-order valence-electron chi connectivity index (χ2n) is 7.47. The number of nitrogens with zero attached hydrogens (tertiary/aromatic N) is 2. The Morgan fingerprint density at radius 3 is 2.35 bits per heavy atom. The van der Waals surface area contributed by atoms with Crippen molar-refractivity contribution in [3.05, 3.63) is 86.4 Å². The smallest absolute Gasteiger partial charge is 0.271 e. The van der Waals surface area contributed by atoms with Crippen LogP contribution in [0.15, 0.2) is 59.7 Å². The van der Waals surface area contributed by atoms with Crippen LogP contribution in [0.1, 0.15) is 35.3 Å². The van der Waals surface area contributed by atoms with Gasteiger partial charge in [0.25, 0.3) is 11.6 Å². The summed E-state index contributed by atoms with van der Waals surface area (Å²) >= 11 is 6.45. The third-order valence-corrected chi connectivity index (χ3v) is 5.25. The zero-order valence-corrected chi connectivity index (χ0v) is 21.3. The monoisotopic (exact) mass is 527 g/mol. The molecule has 0 heterocycles. The number of rotatable bonds is 12. The van der Waals surface area contributed by atoms with E-state index >= 15 is 0 Å². The predicted octanol–water partition coefficient (Wildman–Crippen LogP) is 5.40. The van der Waals surface area contributed by atoms with Gasteiger partial charge in [-0.3, -0.25) is 14.9 Å². The average Bonchev–Trinajstić information content (AvgIpc) is 2.89. The number of hydrogen-bond donors (Lipinski definition) is 1. The number of halogens is 1. The fourth-order valence-electron chi connectivity index (χ4n) is 3.25. The maximum absolute atomic E-state index is 12.5. The van der Waals surface area contributed by atoms with Crippen molar-refractivity contribution in [2.24, 2.45) is 5.10 Å². The van der Waals surface area contributed by atoms with E-state index in [9.17, 15) is 14.9 Å². The fraction of sp³-hybridized carbons (Fsp3) is 0.231. The average molecular weight is 528 g/mol. The van der Waals surface area contributed by atoms with Crippen molar-refractivity contribution < 1.29 is 28.7 Å². The summed E-state index contributed by atoms with van der Waals surface area (Å²) in [5, 5.41) is 15.1. The van der Waals surface area contributed by atoms with Gasteiger partial charge in [-0.05, 0) is 67.4 Å². The van der Waals surface area contributed by atoms with Gasteiger partial charge < -0.3 is 18.9 Å². The van der Waals surface area contributed by atoms with Crippen molar-refractivity contribution in [2.45, 2.75) is 20.5 Å². The lowest BCUT2D eigenvalue weighted by Gasteiger charge is -2.14. The van der Waals surface area contributed by atoms with E-state index in [4.69, 9.17) is 30.5 Å². The molecule has 0 bridgehead atoms. The van der Waals surface area contributed by atoms with Crippen LogP contribution in [0.2, 0.25) is 5.02 Å². The van der Waals surface area contributed by atoms with Gasteiger partial charge in [0.15, 0.2) is 23.0 Å². The molecule has 0 aliphatic heterocycles. The molecule has 0 aromatic heterocycles. The number of methoxy groups -OCH3 is 1. The van der Waals surface area contributed by atoms with Gasteiger partial charge in [-0.25, -0.2) is 5.43 Å². The third-order valence-electron chi connectivity index (χ3n) is 4.97. The highest BCUT2D eigenvalue weighted by Crippen LogP contribution is 2.37. The maximum Gasteiger partial charge on any atom is 0.271 e. The van der Waals surface area contributed by atoms with E-state index in [1.54, 1.807) is 42.5 Å². The molecule has 3 rings (SSSR count). The summed E-state index contributed by atoms with van der Waals surface area (Å²) in [6.07, 6.45) is 1.43. The molecule has 3 aromatic rings. The standard InChI is InChI=1S/C26H26ClN3O7/c1-4-35-22-11-8-19(14-23(22)34-3)26(31)29-28-15-18-12-21(27)25(24(13-18)36-5-2)37-16-17-6-9-20(10-7-17)30(32)33/h6-15H,4-5,16H2,1-3H3,(H,29,31)/b28-15+. The van der Waals surface area contributed by atoms with E-state index in [2.05, 4.69) is 10.5 Å². The van der Waals surface area contributed by atoms with Crippen LogP contribution in [0.5, 0.6) is 23.0 Å². The van der Waals surface area contributed by atoms with Crippen LogP contribution >= 0.6 is 11.6 Å². The summed E-state index contributed by atoms with van der Waals surface area (Å²) in [7, 11) is 1.50. The Kier molecular flexibility index (Phi) is 9.68. The Morgan fingerprint density at radius 1 is 1.00 bits per heavy atom. The molecule has 11 heteroatoms. The quantitative estimate of drug-likeness (QED) is 0.190. The van der Waals surface area contributed by atoms with E-state index < -0.39 is 10.8 Å². The SMILES string of the molecule is CCOc1ccc(C(=O)N/N=C/c2cc(Cl)c(OCc3ccc([N+](=O)[O-])cc3)c(OCC)c2)cc1OC. The van der Waals surface area contributed by atoms with Gasteiger partial charge in [-0.15, -0.1) is 0 Å². The van der Waals surface area contributed by atoms with E-state index in [-0.39, 0.29) is 17.3 Å². The number of hydrogen-bond acceptors (Lipinski definition) is 8. The number of amides is 1. The topological polar surface area (TPSA) is 122 Å². The van der Waals surface area contributed by atoms with Crippen LogP contribution in [-0.4, -0.2) is 37.4 Å². The number of hydrazone groups is 1. The molecule has 0 fully saturated rings. The molecule has 0 saturated heterocycles. The van der Waals surface area contributed by atoms with Gasteiger partial charge in [0.1, 0.15) is 6.61 Å². The molecule has 0 unspecified atom stereocenters. The highest BCUT2D eigenvalue weighted by molar-refractivity contribution is 6.32. The molecule has 1 amide bonds. The molecule has 10 nitrogen and oxygen atoms in total. The fourth-order valence-corrected chi connectivity index (χ4v) is 3.52. The first-order chi connectivity index (χ1) is 17.9. The molecular weight excluding hydrogens is 502 g/mol. The summed E-state index contributed by atoms with van der Waals surface area (Å²) in [5.41, 5.74) is 4.10. The van der Waals surface area contributed by atoms with E-state index in [0.717, 1.165) is 5.56 Å². The summed E-state index contributed by atoms with van der Waals surface area (Å²) < 4.78 is 22.3. The van der Waals surface area contributed by atoms with Crippen molar-refractivity contribution in [3.63, 3.8) is 0 Å². The number of nitro groups is 1. The van der Waals surface area contributed by atoms with Crippen LogP contribution in [0.3, 0.4) is 0 Å². The van der Waals surface area contributed by atoms with Crippen LogP contribution in [0, 0.1) is 10.1 Å². The molecule has 0 aliphatic rings. The molecule has 0 saturated carbocycles. The van der Waals surface area contributed by atoms with Crippen molar-refractivity contribution in [2.75, 3.05) is 20.3 Å². The third kappa shape index (κ3) is 7.34. The first-order valence-electron chi connectivity index (χ1n) is 11.3. The Hall–Kier alpha value is -4.31. The highest BCUT2D eigenvalue weighted by Gasteiger charge is 2.14. The number of carbonyl (C=O) groups excluding carboxylic acids is 1. The van der Waals surface area contributed by atoms with Crippen LogP contribution in [0.25, 0.3) is 0 Å². The lowest BCUT2D eigenvalue weighted by atomic mass is 10.2. The van der Waals surface area contributed by atoms with Crippen molar-refractivity contribution >= 4 is 29.4 Å². The van der Waals surface area contributed by atoms with Gasteiger partial charge in [0, 0.05) is 17.7 Å². The highest BCUT2D eigenvalue weighted by atomic mass is 35.5. The minimum atomic E-state index is -0.466. The first-order valence-corrected chi connectivity index (χ1v) is 11.7. The predicted molar refractivity (Wildman–Crippen MR) is 139 cm³/mol. The largest absolute Gasteiger partial charge is 0.493 e. The second kappa shape index (κ2) is 13.1. The van der Waals surface area contributed by atoms with Gasteiger partial charge in [0.2, 0.25) is 0 Å². The van der Waals surface area contributed by atoms with Gasteiger partial charge >= 0.3 is 0 Å². The molecule has 0 spiro atoms. The van der Waals surface area contributed by atoms with E-state index in [0.29, 0.717) is 47.3 Å². The lowest BCUT2D eigenvalue weighted by molar-refractivity contribution is -0.384. The zero-order chi connectivity index (χ0) is 26.8. The van der Waals surface area contributed by atoms with Gasteiger partial charge in [-0.2, -0.15) is 5.10 Å². The Balaban J connectivity index is 1.70. The Bertz CT molecular complexity index is 1280. The Labute approximate surface area is 218 Å². The molecule has 0 atom stereocenters. The summed E-state index contributed by atoms with van der Waals surface area (Å²) in [6, 6.07) is 14.1. The molecule has 0 radical (unpaired) electrons. The number of nitro benzene ring substituents is 1. The maximum atomic E-state index is 12.5. The molecule has 0 aliphatic carbocycles. The van der Waals surface area contributed by atoms with Gasteiger partial charge in [0.05, 0.1) is 36.5 Å². The van der Waals surface area contributed by atoms with Crippen molar-refractivity contribution in [3.8, 4) is 23.0 Å². The summed E-state index contributed by atoms with van der Waals surface area (Å²) in [4.78, 5) is 22.9. The zero-order valence-electron chi connectivity index (χ0n) is 20.5. The summed E-state index contributed by atoms with van der Waals surface area (Å²) in [6.45, 7) is 4.64. The lowest BCUT2D eigenvalue weighted by Crippen LogP contribution is -2.17. The number of benzene rings is 3. The molecule has 194 valence electrons. The van der Waals surface area contributed by atoms with E-state index in [1.165, 1.54) is 25.5 Å². The first kappa shape index (κ1) is 27.3. The van der Waals surface area contributed by atoms with Crippen LogP contribution < -0.4 is 24.4 Å². The van der Waals surface area contributed by atoms with Crippen molar-refractivity contribution in [1.82, 2.24) is 5.43 Å². The van der Waals surface area contributed by atoms with Gasteiger partial charge in [-0.1, -0.05) is 11.6 Å². The number of carbonyl (C=O) groups is 1. The second-order valence-corrected chi connectivity index (χ2v) is 7.88. The van der Waals surface area contributed by atoms with Crippen molar-refractivity contribution in [1.29, 1.82) is 0 Å². The minimum Gasteiger partial charge on any atom is -0.493 e. The normalized spacial score (nSPS) is 10.7. The van der Waals surface area contributed by atoms with E-state index in [1.807, 2.05) is 13.8 Å². The van der Waals surface area contributed by atoms with Crippen LogP contribution in [-0.2, 0) is 6.61 Å². The van der Waals surface area contributed by atoms with Crippen LogP contribution in [0.4, 0.5) is 5.69 Å². The number of ether oxygens (including phenoxy) is 4. The molecule has 3 aromatic carbocycles. The Morgan fingerprint density at radius 2 is 1.70 bits per heavy atom. The minimum absolute atomic E-state index is 0.00539. The summed E-state index contributed by atoms with van der Waals surface area (Å²) in [5.74, 6) is 1.26. The number of non-ortho nitro benzene ring substituents is 1.